The lowest BCUT2D eigenvalue weighted by Crippen LogP contribution is -2.25. The molecule has 19 heavy (non-hydrogen) atoms. The summed E-state index contributed by atoms with van der Waals surface area (Å²) in [6.45, 7) is 4.20. The van der Waals surface area contributed by atoms with E-state index in [1.807, 2.05) is 6.07 Å². The predicted octanol–water partition coefficient (Wildman–Crippen LogP) is 3.23. The van der Waals surface area contributed by atoms with Crippen molar-refractivity contribution in [3.63, 3.8) is 0 Å². The number of hydrogen-bond donors (Lipinski definition) is 1. The molecule has 3 rings (SSSR count). The van der Waals surface area contributed by atoms with E-state index in [4.69, 9.17) is 5.10 Å². The van der Waals surface area contributed by atoms with E-state index in [9.17, 15) is 0 Å². The zero-order valence-electron chi connectivity index (χ0n) is 11.1. The van der Waals surface area contributed by atoms with E-state index in [1.54, 1.807) is 0 Å². The van der Waals surface area contributed by atoms with Gasteiger partial charge in [0.25, 0.3) is 0 Å². The topological polar surface area (TPSA) is 29.9 Å². The molecule has 0 unspecified atom stereocenters. The van der Waals surface area contributed by atoms with Crippen LogP contribution in [0, 0.1) is 0 Å². The number of nitrogens with one attached hydrogen (secondary N) is 1. The molecule has 1 aromatic heterocycles. The van der Waals surface area contributed by atoms with Gasteiger partial charge >= 0.3 is 0 Å². The molecule has 1 N–H and O–H groups in total. The molecule has 100 valence electrons. The van der Waals surface area contributed by atoms with Gasteiger partial charge in [0, 0.05) is 29.5 Å². The Kier molecular flexibility index (Phi) is 3.71. The highest BCUT2D eigenvalue weighted by molar-refractivity contribution is 9.10. The van der Waals surface area contributed by atoms with Crippen LogP contribution in [0.3, 0.4) is 0 Å². The number of nitrogens with zero attached hydrogens (tertiary/aromatic N) is 2. The molecular formula is C15H18BrN3. The van der Waals surface area contributed by atoms with E-state index in [2.05, 4.69) is 51.1 Å². The summed E-state index contributed by atoms with van der Waals surface area (Å²) in [6.07, 6.45) is 3.24. The Bertz CT molecular complexity index is 589. The van der Waals surface area contributed by atoms with Crippen LogP contribution in [0.5, 0.6) is 0 Å². The van der Waals surface area contributed by atoms with E-state index in [-0.39, 0.29) is 0 Å². The molecule has 0 radical (unpaired) electrons. The Labute approximate surface area is 122 Å². The van der Waals surface area contributed by atoms with Gasteiger partial charge in [-0.2, -0.15) is 5.10 Å². The van der Waals surface area contributed by atoms with Gasteiger partial charge in [-0.25, -0.2) is 4.68 Å². The van der Waals surface area contributed by atoms with Gasteiger partial charge in [-0.3, -0.25) is 0 Å². The van der Waals surface area contributed by atoms with Crippen LogP contribution in [0.15, 0.2) is 28.7 Å². The minimum absolute atomic E-state index is 0.953. The van der Waals surface area contributed by atoms with Crippen molar-refractivity contribution in [3.05, 3.63) is 45.7 Å². The third-order valence-electron chi connectivity index (χ3n) is 3.58. The van der Waals surface area contributed by atoms with Gasteiger partial charge in [0.2, 0.25) is 0 Å². The third-order valence-corrected chi connectivity index (χ3v) is 4.25. The first-order valence-corrected chi connectivity index (χ1v) is 7.66. The summed E-state index contributed by atoms with van der Waals surface area (Å²) in [7, 11) is 0. The molecule has 0 saturated heterocycles. The fraction of sp³-hybridized carbons (Fsp3) is 0.400. The fourth-order valence-corrected chi connectivity index (χ4v) is 3.13. The van der Waals surface area contributed by atoms with Crippen molar-refractivity contribution in [2.45, 2.75) is 32.7 Å². The van der Waals surface area contributed by atoms with Crippen LogP contribution < -0.4 is 5.32 Å². The lowest BCUT2D eigenvalue weighted by molar-refractivity contribution is 0.621. The van der Waals surface area contributed by atoms with E-state index in [0.29, 0.717) is 0 Å². The maximum atomic E-state index is 4.86. The van der Waals surface area contributed by atoms with Crippen molar-refractivity contribution >= 4 is 15.9 Å². The molecule has 3 nitrogen and oxygen atoms in total. The first-order valence-electron chi connectivity index (χ1n) is 6.86. The van der Waals surface area contributed by atoms with Crippen molar-refractivity contribution in [1.82, 2.24) is 15.1 Å². The molecule has 0 saturated carbocycles. The van der Waals surface area contributed by atoms with Crippen LogP contribution in [0.2, 0.25) is 0 Å². The monoisotopic (exact) mass is 319 g/mol. The van der Waals surface area contributed by atoms with Crippen molar-refractivity contribution in [1.29, 1.82) is 0 Å². The average molecular weight is 320 g/mol. The molecule has 4 heteroatoms. The van der Waals surface area contributed by atoms with Gasteiger partial charge in [0.05, 0.1) is 17.1 Å². The smallest absolute Gasteiger partial charge is 0.0790 e. The molecule has 1 aromatic carbocycles. The molecule has 1 aliphatic rings. The molecule has 0 atom stereocenters. The van der Waals surface area contributed by atoms with Crippen LogP contribution in [0.1, 0.15) is 30.3 Å². The first-order chi connectivity index (χ1) is 9.31. The molecule has 0 amide bonds. The molecule has 0 bridgehead atoms. The van der Waals surface area contributed by atoms with Gasteiger partial charge in [-0.15, -0.1) is 0 Å². The minimum atomic E-state index is 0.953. The summed E-state index contributed by atoms with van der Waals surface area (Å²) in [4.78, 5) is 0. The van der Waals surface area contributed by atoms with Crippen LogP contribution >= 0.6 is 15.9 Å². The van der Waals surface area contributed by atoms with Crippen molar-refractivity contribution in [3.8, 4) is 5.69 Å². The van der Waals surface area contributed by atoms with Gasteiger partial charge in [0.15, 0.2) is 0 Å². The van der Waals surface area contributed by atoms with Gasteiger partial charge < -0.3 is 5.32 Å². The van der Waals surface area contributed by atoms with Gasteiger partial charge in [-0.1, -0.05) is 25.5 Å². The SMILES string of the molecule is CCCc1nn(-c2ccccc2Br)c2c1CNCC2. The number of fused-ring (bicyclic) bond motifs is 1. The first kappa shape index (κ1) is 12.9. The van der Waals surface area contributed by atoms with E-state index in [1.165, 1.54) is 17.0 Å². The Balaban J connectivity index is 2.13. The third kappa shape index (κ3) is 2.35. The second-order valence-electron chi connectivity index (χ2n) is 4.91. The zero-order valence-corrected chi connectivity index (χ0v) is 12.7. The lowest BCUT2D eigenvalue weighted by atomic mass is 10.0. The van der Waals surface area contributed by atoms with Gasteiger partial charge in [-0.05, 0) is 34.5 Å². The summed E-state index contributed by atoms with van der Waals surface area (Å²) in [5.41, 5.74) is 5.17. The average Bonchev–Trinajstić information content (AvgIpc) is 2.79. The molecule has 1 aliphatic heterocycles. The summed E-state index contributed by atoms with van der Waals surface area (Å²) in [6, 6.07) is 8.30. The second kappa shape index (κ2) is 5.47. The van der Waals surface area contributed by atoms with E-state index in [0.717, 1.165) is 42.5 Å². The summed E-state index contributed by atoms with van der Waals surface area (Å²) >= 11 is 3.63. The highest BCUT2D eigenvalue weighted by Gasteiger charge is 2.21. The maximum Gasteiger partial charge on any atom is 0.0790 e. The predicted molar refractivity (Wildman–Crippen MR) is 80.7 cm³/mol. The Morgan fingerprint density at radius 2 is 2.21 bits per heavy atom. The zero-order chi connectivity index (χ0) is 13.2. The van der Waals surface area contributed by atoms with Gasteiger partial charge in [0.1, 0.15) is 0 Å². The van der Waals surface area contributed by atoms with Crippen LogP contribution in [0.25, 0.3) is 5.69 Å². The fourth-order valence-electron chi connectivity index (χ4n) is 2.68. The number of aryl methyl sites for hydroxylation is 1. The van der Waals surface area contributed by atoms with Crippen LogP contribution in [0.4, 0.5) is 0 Å². The molecule has 0 spiro atoms. The number of para-hydroxylation sites is 1. The molecule has 0 fully saturated rings. The van der Waals surface area contributed by atoms with Crippen LogP contribution in [-0.2, 0) is 19.4 Å². The minimum Gasteiger partial charge on any atom is -0.312 e. The summed E-state index contributed by atoms with van der Waals surface area (Å²) in [5, 5.41) is 8.31. The Hall–Kier alpha value is -1.13. The Morgan fingerprint density at radius 3 is 3.00 bits per heavy atom. The molecule has 2 heterocycles. The van der Waals surface area contributed by atoms with Crippen LogP contribution in [-0.4, -0.2) is 16.3 Å². The summed E-state index contributed by atoms with van der Waals surface area (Å²) in [5.74, 6) is 0. The number of benzene rings is 1. The molecule has 2 aromatic rings. The maximum absolute atomic E-state index is 4.86. The standard InChI is InChI=1S/C15H18BrN3/c1-2-5-13-11-10-17-9-8-14(11)19(18-13)15-7-4-3-6-12(15)16/h3-4,6-7,17H,2,5,8-10H2,1H3. The second-order valence-corrected chi connectivity index (χ2v) is 5.77. The number of hydrogen-bond acceptors (Lipinski definition) is 2. The normalized spacial score (nSPS) is 14.4. The van der Waals surface area contributed by atoms with E-state index < -0.39 is 0 Å². The summed E-state index contributed by atoms with van der Waals surface area (Å²) < 4.78 is 3.23. The highest BCUT2D eigenvalue weighted by Crippen LogP contribution is 2.27. The molecular weight excluding hydrogens is 302 g/mol. The van der Waals surface area contributed by atoms with Crippen molar-refractivity contribution in [2.75, 3.05) is 6.54 Å². The number of aromatic nitrogens is 2. The lowest BCUT2D eigenvalue weighted by Gasteiger charge is -2.16. The number of halogens is 1. The number of rotatable bonds is 3. The largest absolute Gasteiger partial charge is 0.312 e. The highest BCUT2D eigenvalue weighted by atomic mass is 79.9. The van der Waals surface area contributed by atoms with Crippen molar-refractivity contribution in [2.24, 2.45) is 0 Å². The van der Waals surface area contributed by atoms with E-state index >= 15 is 0 Å². The Morgan fingerprint density at radius 1 is 1.37 bits per heavy atom. The quantitative estimate of drug-likeness (QED) is 0.941. The van der Waals surface area contributed by atoms with Crippen molar-refractivity contribution < 1.29 is 0 Å². The molecule has 0 aliphatic carbocycles.